The van der Waals surface area contributed by atoms with Crippen molar-refractivity contribution in [3.05, 3.63) is 35.4 Å². The number of esters is 1. The van der Waals surface area contributed by atoms with E-state index in [0.717, 1.165) is 0 Å². The number of hydrogen-bond donors (Lipinski definition) is 4. The van der Waals surface area contributed by atoms with Crippen molar-refractivity contribution in [2.75, 3.05) is 13.2 Å². The summed E-state index contributed by atoms with van der Waals surface area (Å²) in [7, 11) is 0. The number of ether oxygens (including phenoxy) is 2. The summed E-state index contributed by atoms with van der Waals surface area (Å²) in [6.07, 6.45) is -4.44. The molecule has 1 aliphatic heterocycles. The van der Waals surface area contributed by atoms with Crippen molar-refractivity contribution in [1.82, 2.24) is 5.32 Å². The second kappa shape index (κ2) is 8.39. The van der Waals surface area contributed by atoms with Gasteiger partial charge in [-0.2, -0.15) is 0 Å². The number of rotatable bonds is 5. The van der Waals surface area contributed by atoms with Gasteiger partial charge in [-0.25, -0.2) is 4.79 Å². The molecule has 0 bridgehead atoms. The predicted octanol–water partition coefficient (Wildman–Crippen LogP) is -0.478. The van der Waals surface area contributed by atoms with Crippen molar-refractivity contribution < 1.29 is 34.4 Å². The zero-order chi connectivity index (χ0) is 18.6. The van der Waals surface area contributed by atoms with Crippen LogP contribution in [0.2, 0.25) is 0 Å². The first kappa shape index (κ1) is 19.3. The molecule has 1 aliphatic rings. The topological polar surface area (TPSA) is 125 Å². The van der Waals surface area contributed by atoms with Gasteiger partial charge >= 0.3 is 5.97 Å². The Morgan fingerprint density at radius 1 is 1.20 bits per heavy atom. The highest BCUT2D eigenvalue weighted by molar-refractivity contribution is 5.89. The fourth-order valence-corrected chi connectivity index (χ4v) is 2.82. The Morgan fingerprint density at radius 2 is 1.84 bits per heavy atom. The highest BCUT2D eigenvalue weighted by Gasteiger charge is 2.45. The normalized spacial score (nSPS) is 29.1. The van der Waals surface area contributed by atoms with Gasteiger partial charge in [0.1, 0.15) is 24.4 Å². The van der Waals surface area contributed by atoms with Gasteiger partial charge in [0, 0.05) is 6.92 Å². The summed E-state index contributed by atoms with van der Waals surface area (Å²) in [5.74, 6) is -0.851. The van der Waals surface area contributed by atoms with E-state index in [-0.39, 0.29) is 6.61 Å². The van der Waals surface area contributed by atoms with Gasteiger partial charge in [0.05, 0.1) is 24.8 Å². The number of nitrogens with one attached hydrogen (secondary N) is 1. The van der Waals surface area contributed by atoms with Gasteiger partial charge in [0.15, 0.2) is 0 Å². The summed E-state index contributed by atoms with van der Waals surface area (Å²) in [5.41, 5.74) is 0.938. The highest BCUT2D eigenvalue weighted by atomic mass is 16.5. The number of aliphatic hydroxyl groups excluding tert-OH is 3. The average molecular weight is 353 g/mol. The molecular formula is C17H23NO7. The van der Waals surface area contributed by atoms with Gasteiger partial charge in [-0.3, -0.25) is 4.79 Å². The molecule has 0 saturated carbocycles. The maximum absolute atomic E-state index is 11.7. The smallest absolute Gasteiger partial charge is 0.338 e. The molecule has 2 rings (SSSR count). The van der Waals surface area contributed by atoms with Gasteiger partial charge in [-0.05, 0) is 24.6 Å². The standard InChI is InChI=1S/C17H23NO7/c1-3-24-17(23)11-6-4-10(5-7-11)16-13(18-9(2)20)15(22)14(21)12(8-19)25-16/h4-7,12-16,19,21-22H,3,8H2,1-2H3,(H,18,20)/t12-,13-,14-,15-,16?/m1/s1. The summed E-state index contributed by atoms with van der Waals surface area (Å²) in [5, 5.41) is 32.2. The van der Waals surface area contributed by atoms with Crippen molar-refractivity contribution >= 4 is 11.9 Å². The number of amides is 1. The Bertz CT molecular complexity index is 604. The van der Waals surface area contributed by atoms with E-state index >= 15 is 0 Å². The fourth-order valence-electron chi connectivity index (χ4n) is 2.82. The SMILES string of the molecule is CCOC(=O)c1ccc(C2O[C@H](CO)[C@@H](O)[C@H](O)[C@H]2NC(C)=O)cc1. The van der Waals surface area contributed by atoms with Crippen LogP contribution < -0.4 is 5.32 Å². The molecule has 1 amide bonds. The molecule has 1 aromatic carbocycles. The Balaban J connectivity index is 2.28. The van der Waals surface area contributed by atoms with Crippen LogP contribution in [0.3, 0.4) is 0 Å². The molecule has 5 atom stereocenters. The average Bonchev–Trinajstić information content (AvgIpc) is 2.59. The second-order valence-electron chi connectivity index (χ2n) is 5.83. The maximum atomic E-state index is 11.7. The van der Waals surface area contributed by atoms with E-state index in [1.807, 2.05) is 0 Å². The van der Waals surface area contributed by atoms with Gasteiger partial charge in [-0.15, -0.1) is 0 Å². The zero-order valence-electron chi connectivity index (χ0n) is 14.1. The van der Waals surface area contributed by atoms with Crippen LogP contribution in [0.25, 0.3) is 0 Å². The monoisotopic (exact) mass is 353 g/mol. The molecule has 1 unspecified atom stereocenters. The molecule has 138 valence electrons. The lowest BCUT2D eigenvalue weighted by Crippen LogP contribution is -2.60. The molecule has 4 N–H and O–H groups in total. The molecule has 1 heterocycles. The van der Waals surface area contributed by atoms with Gasteiger partial charge in [-0.1, -0.05) is 12.1 Å². The van der Waals surface area contributed by atoms with Gasteiger partial charge in [0.2, 0.25) is 5.91 Å². The first-order valence-corrected chi connectivity index (χ1v) is 8.05. The Kier molecular flexibility index (Phi) is 6.49. The first-order chi connectivity index (χ1) is 11.9. The molecular weight excluding hydrogens is 330 g/mol. The maximum Gasteiger partial charge on any atom is 0.338 e. The summed E-state index contributed by atoms with van der Waals surface area (Å²) in [6, 6.07) is 5.43. The van der Waals surface area contributed by atoms with E-state index in [9.17, 15) is 24.9 Å². The lowest BCUT2D eigenvalue weighted by Gasteiger charge is -2.42. The molecule has 0 radical (unpaired) electrons. The summed E-state index contributed by atoms with van der Waals surface area (Å²) in [4.78, 5) is 23.2. The van der Waals surface area contributed by atoms with E-state index in [4.69, 9.17) is 9.47 Å². The Morgan fingerprint density at radius 3 is 2.36 bits per heavy atom. The van der Waals surface area contributed by atoms with Crippen molar-refractivity contribution in [3.63, 3.8) is 0 Å². The summed E-state index contributed by atoms with van der Waals surface area (Å²) in [6.45, 7) is 2.78. The number of carbonyl (C=O) groups excluding carboxylic acids is 2. The summed E-state index contributed by atoms with van der Waals surface area (Å²) < 4.78 is 10.6. The third-order valence-corrected chi connectivity index (χ3v) is 4.05. The van der Waals surface area contributed by atoms with Crippen molar-refractivity contribution in [1.29, 1.82) is 0 Å². The molecule has 0 aromatic heterocycles. The molecule has 1 aromatic rings. The van der Waals surface area contributed by atoms with Crippen molar-refractivity contribution in [3.8, 4) is 0 Å². The first-order valence-electron chi connectivity index (χ1n) is 8.05. The van der Waals surface area contributed by atoms with Crippen molar-refractivity contribution in [2.24, 2.45) is 0 Å². The Hall–Kier alpha value is -2.00. The molecule has 8 heteroatoms. The van der Waals surface area contributed by atoms with E-state index in [0.29, 0.717) is 11.1 Å². The lowest BCUT2D eigenvalue weighted by molar-refractivity contribution is -0.197. The molecule has 1 fully saturated rings. The Labute approximate surface area is 145 Å². The predicted molar refractivity (Wildman–Crippen MR) is 86.7 cm³/mol. The molecule has 0 aliphatic carbocycles. The van der Waals surface area contributed by atoms with Crippen LogP contribution in [0.5, 0.6) is 0 Å². The van der Waals surface area contributed by atoms with Crippen LogP contribution in [0.4, 0.5) is 0 Å². The lowest BCUT2D eigenvalue weighted by atomic mass is 9.88. The minimum absolute atomic E-state index is 0.263. The van der Waals surface area contributed by atoms with Crippen molar-refractivity contribution in [2.45, 2.75) is 44.3 Å². The number of benzene rings is 1. The zero-order valence-corrected chi connectivity index (χ0v) is 14.1. The quantitative estimate of drug-likeness (QED) is 0.527. The highest BCUT2D eigenvalue weighted by Crippen LogP contribution is 2.32. The minimum atomic E-state index is -1.34. The molecule has 8 nitrogen and oxygen atoms in total. The van der Waals surface area contributed by atoms with Crippen LogP contribution in [-0.2, 0) is 14.3 Å². The van der Waals surface area contributed by atoms with Crippen LogP contribution in [0, 0.1) is 0 Å². The third-order valence-electron chi connectivity index (χ3n) is 4.05. The number of carbonyl (C=O) groups is 2. The van der Waals surface area contributed by atoms with Crippen LogP contribution >= 0.6 is 0 Å². The van der Waals surface area contributed by atoms with E-state index in [1.54, 1.807) is 31.2 Å². The van der Waals surface area contributed by atoms with Crippen LogP contribution in [-0.4, -0.2) is 64.8 Å². The number of aliphatic hydroxyl groups is 3. The van der Waals surface area contributed by atoms with E-state index in [2.05, 4.69) is 5.32 Å². The van der Waals surface area contributed by atoms with Gasteiger partial charge < -0.3 is 30.1 Å². The second-order valence-corrected chi connectivity index (χ2v) is 5.83. The molecule has 25 heavy (non-hydrogen) atoms. The largest absolute Gasteiger partial charge is 0.462 e. The van der Waals surface area contributed by atoms with E-state index in [1.165, 1.54) is 6.92 Å². The van der Waals surface area contributed by atoms with Crippen LogP contribution in [0.1, 0.15) is 35.9 Å². The fraction of sp³-hybridized carbons (Fsp3) is 0.529. The third kappa shape index (κ3) is 4.35. The molecule has 0 spiro atoms. The minimum Gasteiger partial charge on any atom is -0.462 e. The number of hydrogen-bond acceptors (Lipinski definition) is 7. The summed E-state index contributed by atoms with van der Waals surface area (Å²) >= 11 is 0. The van der Waals surface area contributed by atoms with Gasteiger partial charge in [0.25, 0.3) is 0 Å². The molecule has 1 saturated heterocycles. The van der Waals surface area contributed by atoms with E-state index < -0.39 is 48.9 Å². The van der Waals surface area contributed by atoms with Crippen LogP contribution in [0.15, 0.2) is 24.3 Å².